The standard InChI is InChI=1S/C15H20ClNO4/c1-9(2)6-12(15(19)20)17-14(18)8-21-13-7-10(3)4-5-11(13)16/h4-5,7,9,12H,6,8H2,1-3H3,(H,17,18)(H,19,20)/t12-/m0/s1. The van der Waals surface area contributed by atoms with Crippen molar-refractivity contribution < 1.29 is 19.4 Å². The molecule has 21 heavy (non-hydrogen) atoms. The first kappa shape index (κ1) is 17.3. The van der Waals surface area contributed by atoms with E-state index in [1.807, 2.05) is 26.8 Å². The Bertz CT molecular complexity index is 516. The molecule has 0 bridgehead atoms. The topological polar surface area (TPSA) is 75.6 Å². The Morgan fingerprint density at radius 3 is 2.62 bits per heavy atom. The van der Waals surface area contributed by atoms with E-state index in [-0.39, 0.29) is 12.5 Å². The van der Waals surface area contributed by atoms with E-state index in [9.17, 15) is 9.59 Å². The van der Waals surface area contributed by atoms with Crippen LogP contribution in [-0.4, -0.2) is 29.6 Å². The fourth-order valence-corrected chi connectivity index (χ4v) is 1.97. The first-order valence-corrected chi connectivity index (χ1v) is 7.08. The van der Waals surface area contributed by atoms with Crippen molar-refractivity contribution in [2.24, 2.45) is 5.92 Å². The van der Waals surface area contributed by atoms with Crippen LogP contribution >= 0.6 is 11.6 Å². The summed E-state index contributed by atoms with van der Waals surface area (Å²) < 4.78 is 5.33. The molecule has 0 unspecified atom stereocenters. The van der Waals surface area contributed by atoms with Crippen LogP contribution in [0.3, 0.4) is 0 Å². The number of aliphatic carboxylic acids is 1. The number of carbonyl (C=O) groups excluding carboxylic acids is 1. The van der Waals surface area contributed by atoms with Gasteiger partial charge in [0.15, 0.2) is 6.61 Å². The Balaban J connectivity index is 2.56. The zero-order valence-corrected chi connectivity index (χ0v) is 13.1. The maximum atomic E-state index is 11.8. The number of halogens is 1. The first-order chi connectivity index (χ1) is 9.79. The zero-order valence-electron chi connectivity index (χ0n) is 12.4. The summed E-state index contributed by atoms with van der Waals surface area (Å²) in [5.41, 5.74) is 0.957. The molecular weight excluding hydrogens is 294 g/mol. The number of carbonyl (C=O) groups is 2. The molecule has 0 saturated carbocycles. The van der Waals surface area contributed by atoms with Crippen molar-refractivity contribution in [2.75, 3.05) is 6.61 Å². The van der Waals surface area contributed by atoms with Gasteiger partial charge in [-0.25, -0.2) is 4.79 Å². The highest BCUT2D eigenvalue weighted by Gasteiger charge is 2.21. The van der Waals surface area contributed by atoms with Crippen molar-refractivity contribution in [1.82, 2.24) is 5.32 Å². The SMILES string of the molecule is Cc1ccc(Cl)c(OCC(=O)N[C@@H](CC(C)C)C(=O)O)c1. The third-order valence-corrected chi connectivity index (χ3v) is 3.10. The molecule has 0 spiro atoms. The molecule has 5 nitrogen and oxygen atoms in total. The second-order valence-electron chi connectivity index (χ2n) is 5.31. The van der Waals surface area contributed by atoms with Gasteiger partial charge in [0.25, 0.3) is 5.91 Å². The minimum Gasteiger partial charge on any atom is -0.482 e. The van der Waals surface area contributed by atoms with Gasteiger partial charge in [0.1, 0.15) is 11.8 Å². The molecule has 0 aliphatic heterocycles. The number of ether oxygens (including phenoxy) is 1. The van der Waals surface area contributed by atoms with Gasteiger partial charge in [-0.05, 0) is 37.0 Å². The van der Waals surface area contributed by atoms with Crippen molar-refractivity contribution in [3.63, 3.8) is 0 Å². The molecule has 2 N–H and O–H groups in total. The fourth-order valence-electron chi connectivity index (χ4n) is 1.79. The molecule has 1 aromatic carbocycles. The van der Waals surface area contributed by atoms with Gasteiger partial charge in [-0.2, -0.15) is 0 Å². The molecule has 0 aliphatic rings. The van der Waals surface area contributed by atoms with E-state index >= 15 is 0 Å². The van der Waals surface area contributed by atoms with Gasteiger partial charge in [-0.3, -0.25) is 4.79 Å². The first-order valence-electron chi connectivity index (χ1n) is 6.70. The van der Waals surface area contributed by atoms with E-state index in [1.165, 1.54) is 0 Å². The normalized spacial score (nSPS) is 12.0. The molecule has 0 aliphatic carbocycles. The van der Waals surface area contributed by atoms with E-state index < -0.39 is 17.9 Å². The van der Waals surface area contributed by atoms with Crippen LogP contribution in [0.2, 0.25) is 5.02 Å². The number of hydrogen-bond acceptors (Lipinski definition) is 3. The number of rotatable bonds is 7. The largest absolute Gasteiger partial charge is 0.482 e. The second-order valence-corrected chi connectivity index (χ2v) is 5.72. The van der Waals surface area contributed by atoms with Crippen LogP contribution in [0.1, 0.15) is 25.8 Å². The summed E-state index contributed by atoms with van der Waals surface area (Å²) in [6.07, 6.45) is 0.367. The van der Waals surface area contributed by atoms with E-state index in [0.717, 1.165) is 5.56 Å². The minimum atomic E-state index is -1.05. The number of amides is 1. The summed E-state index contributed by atoms with van der Waals surface area (Å²) >= 11 is 5.95. The van der Waals surface area contributed by atoms with Crippen molar-refractivity contribution >= 4 is 23.5 Å². The van der Waals surface area contributed by atoms with E-state index in [0.29, 0.717) is 17.2 Å². The lowest BCUT2D eigenvalue weighted by Gasteiger charge is -2.16. The van der Waals surface area contributed by atoms with E-state index in [1.54, 1.807) is 12.1 Å². The van der Waals surface area contributed by atoms with Gasteiger partial charge in [-0.15, -0.1) is 0 Å². The highest BCUT2D eigenvalue weighted by Crippen LogP contribution is 2.25. The Hall–Kier alpha value is -1.75. The molecule has 1 amide bonds. The molecule has 0 saturated heterocycles. The predicted molar refractivity (Wildman–Crippen MR) is 80.7 cm³/mol. The Kier molecular flexibility index (Phi) is 6.49. The van der Waals surface area contributed by atoms with Crippen LogP contribution in [0, 0.1) is 12.8 Å². The Labute approximate surface area is 129 Å². The molecule has 6 heteroatoms. The van der Waals surface area contributed by atoms with Gasteiger partial charge >= 0.3 is 5.97 Å². The summed E-state index contributed by atoms with van der Waals surface area (Å²) in [5.74, 6) is -0.965. The van der Waals surface area contributed by atoms with Gasteiger partial charge in [-0.1, -0.05) is 31.5 Å². The van der Waals surface area contributed by atoms with Crippen LogP contribution in [0.5, 0.6) is 5.75 Å². The number of carboxylic acid groups (broad SMARTS) is 1. The van der Waals surface area contributed by atoms with Crippen molar-refractivity contribution in [3.8, 4) is 5.75 Å². The molecule has 0 heterocycles. The predicted octanol–water partition coefficient (Wildman–Crippen LogP) is 2.64. The summed E-state index contributed by atoms with van der Waals surface area (Å²) in [5, 5.41) is 11.9. The minimum absolute atomic E-state index is 0.165. The highest BCUT2D eigenvalue weighted by atomic mass is 35.5. The Morgan fingerprint density at radius 1 is 1.38 bits per heavy atom. The van der Waals surface area contributed by atoms with Crippen LogP contribution in [0.25, 0.3) is 0 Å². The number of aryl methyl sites for hydroxylation is 1. The van der Waals surface area contributed by atoms with Gasteiger partial charge in [0.2, 0.25) is 0 Å². The van der Waals surface area contributed by atoms with Crippen LogP contribution in [0.15, 0.2) is 18.2 Å². The Morgan fingerprint density at radius 2 is 2.05 bits per heavy atom. The average molecular weight is 314 g/mol. The summed E-state index contributed by atoms with van der Waals surface area (Å²) in [4.78, 5) is 22.8. The monoisotopic (exact) mass is 313 g/mol. The summed E-state index contributed by atoms with van der Waals surface area (Å²) in [7, 11) is 0. The fraction of sp³-hybridized carbons (Fsp3) is 0.467. The zero-order chi connectivity index (χ0) is 16.0. The summed E-state index contributed by atoms with van der Waals surface area (Å²) in [6.45, 7) is 5.40. The van der Waals surface area contributed by atoms with Crippen LogP contribution in [0.4, 0.5) is 0 Å². The second kappa shape index (κ2) is 7.88. The molecular formula is C15H20ClNO4. The number of benzene rings is 1. The molecule has 1 aromatic rings. The number of nitrogens with one attached hydrogen (secondary N) is 1. The molecule has 1 rings (SSSR count). The van der Waals surface area contributed by atoms with Crippen LogP contribution in [-0.2, 0) is 9.59 Å². The lowest BCUT2D eigenvalue weighted by molar-refractivity contribution is -0.142. The molecule has 0 fully saturated rings. The van der Waals surface area contributed by atoms with Gasteiger partial charge < -0.3 is 15.2 Å². The molecule has 116 valence electrons. The van der Waals surface area contributed by atoms with Crippen molar-refractivity contribution in [3.05, 3.63) is 28.8 Å². The lowest BCUT2D eigenvalue weighted by Crippen LogP contribution is -2.43. The smallest absolute Gasteiger partial charge is 0.326 e. The molecule has 0 radical (unpaired) electrons. The molecule has 0 aromatic heterocycles. The van der Waals surface area contributed by atoms with Crippen LogP contribution < -0.4 is 10.1 Å². The van der Waals surface area contributed by atoms with Gasteiger partial charge in [0, 0.05) is 0 Å². The number of carboxylic acids is 1. The highest BCUT2D eigenvalue weighted by molar-refractivity contribution is 6.32. The van der Waals surface area contributed by atoms with Crippen molar-refractivity contribution in [2.45, 2.75) is 33.2 Å². The summed E-state index contributed by atoms with van der Waals surface area (Å²) in [6, 6.07) is 4.33. The van der Waals surface area contributed by atoms with E-state index in [4.69, 9.17) is 21.4 Å². The lowest BCUT2D eigenvalue weighted by atomic mass is 10.0. The number of hydrogen-bond donors (Lipinski definition) is 2. The average Bonchev–Trinajstić information content (AvgIpc) is 2.38. The molecule has 1 atom stereocenters. The van der Waals surface area contributed by atoms with E-state index in [2.05, 4.69) is 5.32 Å². The maximum Gasteiger partial charge on any atom is 0.326 e. The van der Waals surface area contributed by atoms with Gasteiger partial charge in [0.05, 0.1) is 5.02 Å². The quantitative estimate of drug-likeness (QED) is 0.811. The third-order valence-electron chi connectivity index (χ3n) is 2.79. The van der Waals surface area contributed by atoms with Crippen molar-refractivity contribution in [1.29, 1.82) is 0 Å². The third kappa shape index (κ3) is 6.04. The maximum absolute atomic E-state index is 11.8.